The standard InChI is InChI=1S/2C4H8N2O2.CH3.Co.H2O/c2*1-3(5-7)4(2)6-8;;;/h2*5,7H,1-2H3;1H3;;1H2/q;;-1;;/p+1. The maximum atomic E-state index is 9.65. The molecule has 0 rings (SSSR count). The van der Waals surface area contributed by atoms with E-state index in [2.05, 4.69) is 10.4 Å². The van der Waals surface area contributed by atoms with Crippen molar-refractivity contribution in [2.45, 2.75) is 27.7 Å². The van der Waals surface area contributed by atoms with E-state index < -0.39 is 0 Å². The third-order valence-corrected chi connectivity index (χ3v) is 1.69. The second-order valence-electron chi connectivity index (χ2n) is 2.83. The molecule has 0 saturated heterocycles. The fourth-order valence-corrected chi connectivity index (χ4v) is 0.299. The van der Waals surface area contributed by atoms with Gasteiger partial charge in [-0.05, 0) is 38.0 Å². The predicted molar refractivity (Wildman–Crippen MR) is 69.5 cm³/mol. The van der Waals surface area contributed by atoms with Crippen molar-refractivity contribution >= 4 is 0 Å². The number of hydrogen-bond donors (Lipinski definition) is 4. The number of allylic oxidation sites excluding steroid dienone is 4. The fraction of sp³-hybridized carbons (Fsp3) is 0.444. The van der Waals surface area contributed by atoms with E-state index in [1.807, 2.05) is 0 Å². The fourth-order valence-electron chi connectivity index (χ4n) is 0.299. The quantitative estimate of drug-likeness (QED) is 0.265. The van der Waals surface area contributed by atoms with Crippen LogP contribution >= 0.6 is 0 Å². The Hall–Kier alpha value is -1.33. The van der Waals surface area contributed by atoms with Crippen molar-refractivity contribution in [3.05, 3.63) is 40.0 Å². The molecule has 0 heterocycles. The van der Waals surface area contributed by atoms with Gasteiger partial charge in [-0.25, -0.2) is 0 Å². The van der Waals surface area contributed by atoms with E-state index in [-0.39, 0.29) is 41.1 Å². The molecule has 117 valence electrons. The number of nitrogens with zero attached hydrogens (tertiary/aromatic N) is 2. The Morgan fingerprint density at radius 2 is 1.05 bits per heavy atom. The smallest absolute Gasteiger partial charge is 0.103 e. The van der Waals surface area contributed by atoms with Gasteiger partial charge in [0.05, 0.1) is 11.4 Å². The van der Waals surface area contributed by atoms with Crippen molar-refractivity contribution in [2.24, 2.45) is 10.4 Å². The van der Waals surface area contributed by atoms with Gasteiger partial charge in [0, 0.05) is 16.8 Å². The molecule has 0 atom stereocenters. The van der Waals surface area contributed by atoms with Crippen molar-refractivity contribution < 1.29 is 32.7 Å². The van der Waals surface area contributed by atoms with Gasteiger partial charge in [-0.2, -0.15) is 0 Å². The molecule has 0 aromatic rings. The molecule has 0 amide bonds. The van der Waals surface area contributed by atoms with E-state index in [1.54, 1.807) is 24.8 Å². The molecule has 0 aromatic carbocycles. The third kappa shape index (κ3) is 16.7. The number of rotatable bonds is 4. The van der Waals surface area contributed by atoms with Gasteiger partial charge in [0.1, 0.15) is 11.4 Å². The molecule has 0 unspecified atom stereocenters. The molecule has 19 heavy (non-hydrogen) atoms. The summed E-state index contributed by atoms with van der Waals surface area (Å²) < 4.78 is 0. The van der Waals surface area contributed by atoms with Crippen LogP contribution in [0.5, 0.6) is 0 Å². The largest absolute Gasteiger partial charge is 0.457 e. The normalized spacial score (nSPS) is 10.4. The summed E-state index contributed by atoms with van der Waals surface area (Å²) in [5.74, 6) is 0. The number of hydroxylamine groups is 2. The molecule has 9 nitrogen and oxygen atoms in total. The van der Waals surface area contributed by atoms with E-state index >= 15 is 0 Å². The molecule has 7 N–H and O–H groups in total. The van der Waals surface area contributed by atoms with Gasteiger partial charge < -0.3 is 12.9 Å². The van der Waals surface area contributed by atoms with E-state index in [0.717, 1.165) is 0 Å². The Morgan fingerprint density at radius 1 is 0.842 bits per heavy atom. The van der Waals surface area contributed by atoms with Crippen LogP contribution in [0.1, 0.15) is 27.7 Å². The summed E-state index contributed by atoms with van der Waals surface area (Å²) in [5, 5.41) is 21.4. The summed E-state index contributed by atoms with van der Waals surface area (Å²) in [7, 11) is 0. The molecule has 10 heteroatoms. The van der Waals surface area contributed by atoms with Crippen molar-refractivity contribution in [3.8, 4) is 0 Å². The maximum absolute atomic E-state index is 9.65. The molecule has 0 fully saturated rings. The molecule has 0 aromatic heterocycles. The Bertz CT molecular complexity index is 277. The first-order valence-corrected chi connectivity index (χ1v) is 4.26. The van der Waals surface area contributed by atoms with Crippen LogP contribution in [0.3, 0.4) is 0 Å². The molecule has 0 bridgehead atoms. The monoisotopic (exact) mass is 325 g/mol. The molecule has 1 radical (unpaired) electrons. The topological polar surface area (TPSA) is 156 Å². The zero-order valence-electron chi connectivity index (χ0n) is 11.5. The summed E-state index contributed by atoms with van der Waals surface area (Å²) in [5.41, 5.74) is 4.87. The molecular weight excluding hydrogens is 303 g/mol. The summed E-state index contributed by atoms with van der Waals surface area (Å²) in [4.78, 5) is 19.3. The molecule has 0 spiro atoms. The number of nitroso groups, excluding NO2 is 2. The average molecular weight is 325 g/mol. The van der Waals surface area contributed by atoms with Crippen molar-refractivity contribution in [3.63, 3.8) is 0 Å². The molecule has 0 aliphatic rings. The summed E-state index contributed by atoms with van der Waals surface area (Å²) in [6, 6.07) is 0. The Labute approximate surface area is 122 Å². The van der Waals surface area contributed by atoms with Gasteiger partial charge in [-0.15, -0.1) is 9.81 Å². The van der Waals surface area contributed by atoms with Crippen LogP contribution in [0.25, 0.3) is 0 Å². The molecule has 0 aliphatic heterocycles. The van der Waals surface area contributed by atoms with Crippen LogP contribution in [-0.2, 0) is 22.3 Å². The van der Waals surface area contributed by atoms with Crippen molar-refractivity contribution in [1.29, 1.82) is 0 Å². The van der Waals surface area contributed by atoms with Gasteiger partial charge in [-0.3, -0.25) is 21.4 Å². The van der Waals surface area contributed by atoms with Gasteiger partial charge in [-0.1, -0.05) is 0 Å². The minimum atomic E-state index is 0. The van der Waals surface area contributed by atoms with Crippen LogP contribution in [0.2, 0.25) is 0 Å². The second kappa shape index (κ2) is 19.0. The predicted octanol–water partition coefficient (Wildman–Crippen LogP) is 1.49. The van der Waals surface area contributed by atoms with Crippen LogP contribution in [0.4, 0.5) is 0 Å². The minimum Gasteiger partial charge on any atom is -0.457 e. The van der Waals surface area contributed by atoms with E-state index in [1.165, 1.54) is 13.8 Å². The van der Waals surface area contributed by atoms with E-state index in [4.69, 9.17) is 10.4 Å². The molecular formula is C9H22CoN4O5. The van der Waals surface area contributed by atoms with Crippen molar-refractivity contribution in [2.75, 3.05) is 0 Å². The Balaban J connectivity index is -0.0000000594. The SMILES string of the molecule is CC(N=O)=C(C)NO.CC(N=O)=C(C)NO.[CH3-].[Co].[OH3+]. The van der Waals surface area contributed by atoms with E-state index in [0.29, 0.717) is 11.4 Å². The Kier molecular flexibility index (Phi) is 30.6. The minimum absolute atomic E-state index is 0. The molecule has 0 aliphatic carbocycles. The summed E-state index contributed by atoms with van der Waals surface area (Å²) >= 11 is 0. The van der Waals surface area contributed by atoms with Crippen LogP contribution in [-0.4, -0.2) is 10.4 Å². The first kappa shape index (κ1) is 30.6. The first-order chi connectivity index (χ1) is 7.44. The van der Waals surface area contributed by atoms with Gasteiger partial charge >= 0.3 is 0 Å². The zero-order valence-corrected chi connectivity index (χ0v) is 12.6. The Morgan fingerprint density at radius 3 is 1.11 bits per heavy atom. The van der Waals surface area contributed by atoms with Gasteiger partial charge in [0.25, 0.3) is 0 Å². The summed E-state index contributed by atoms with van der Waals surface area (Å²) in [6.45, 7) is 6.12. The second-order valence-corrected chi connectivity index (χ2v) is 2.83. The first-order valence-electron chi connectivity index (χ1n) is 4.26. The van der Waals surface area contributed by atoms with Crippen LogP contribution < -0.4 is 11.0 Å². The van der Waals surface area contributed by atoms with Crippen LogP contribution in [0.15, 0.2) is 33.1 Å². The zero-order chi connectivity index (χ0) is 13.1. The number of hydrogen-bond acceptors (Lipinski definition) is 8. The molecule has 0 saturated carbocycles. The average Bonchev–Trinajstić information content (AvgIpc) is 2.35. The van der Waals surface area contributed by atoms with Crippen molar-refractivity contribution in [1.82, 2.24) is 11.0 Å². The number of nitrogens with one attached hydrogen (secondary N) is 2. The van der Waals surface area contributed by atoms with Gasteiger partial charge in [0.15, 0.2) is 0 Å². The summed E-state index contributed by atoms with van der Waals surface area (Å²) in [6.07, 6.45) is 0. The maximum Gasteiger partial charge on any atom is 0.103 e. The third-order valence-electron chi connectivity index (χ3n) is 1.69. The van der Waals surface area contributed by atoms with E-state index in [9.17, 15) is 9.81 Å². The van der Waals surface area contributed by atoms with Crippen LogP contribution in [0, 0.1) is 17.2 Å². The van der Waals surface area contributed by atoms with Gasteiger partial charge in [0.2, 0.25) is 0 Å².